The van der Waals surface area contributed by atoms with Gasteiger partial charge in [0.25, 0.3) is 5.91 Å². The average Bonchev–Trinajstić information content (AvgIpc) is 2.61. The Balaban J connectivity index is 1.79. The molecule has 1 aliphatic rings. The molecular weight excluding hydrogens is 318 g/mol. The van der Waals surface area contributed by atoms with Crippen molar-refractivity contribution < 1.29 is 19.1 Å². The highest BCUT2D eigenvalue weighted by molar-refractivity contribution is 5.89. The van der Waals surface area contributed by atoms with Crippen LogP contribution in [-0.2, 0) is 14.3 Å². The number of carbonyl (C=O) groups is 2. The lowest BCUT2D eigenvalue weighted by atomic mass is 9.86. The van der Waals surface area contributed by atoms with Crippen LogP contribution in [0.4, 0.5) is 0 Å². The number of benzene rings is 1. The van der Waals surface area contributed by atoms with E-state index in [1.807, 2.05) is 31.2 Å². The lowest BCUT2D eigenvalue weighted by Crippen LogP contribution is -2.42. The molecular formula is C20H27NO4. The molecule has 1 amide bonds. The van der Waals surface area contributed by atoms with Crippen LogP contribution >= 0.6 is 0 Å². The summed E-state index contributed by atoms with van der Waals surface area (Å²) in [7, 11) is 0. The maximum absolute atomic E-state index is 11.9. The van der Waals surface area contributed by atoms with E-state index in [2.05, 4.69) is 12.2 Å². The highest BCUT2D eigenvalue weighted by Crippen LogP contribution is 2.23. The molecule has 1 N–H and O–H groups in total. The first-order chi connectivity index (χ1) is 12.1. The van der Waals surface area contributed by atoms with Gasteiger partial charge in [-0.1, -0.05) is 38.0 Å². The van der Waals surface area contributed by atoms with Gasteiger partial charge < -0.3 is 14.8 Å². The number of carbonyl (C=O) groups excluding carboxylic acids is 2. The molecule has 5 nitrogen and oxygen atoms in total. The zero-order valence-electron chi connectivity index (χ0n) is 15.0. The van der Waals surface area contributed by atoms with E-state index in [-0.39, 0.29) is 18.6 Å². The fraction of sp³-hybridized carbons (Fsp3) is 0.500. The summed E-state index contributed by atoms with van der Waals surface area (Å²) in [6, 6.07) is 7.62. The largest absolute Gasteiger partial charge is 0.493 e. The van der Waals surface area contributed by atoms with Crippen LogP contribution in [0.5, 0.6) is 5.75 Å². The molecule has 0 aromatic heterocycles. The minimum atomic E-state index is -0.543. The van der Waals surface area contributed by atoms with Gasteiger partial charge in [-0.3, -0.25) is 4.79 Å². The minimum absolute atomic E-state index is 0.188. The van der Waals surface area contributed by atoms with E-state index in [1.165, 1.54) is 12.5 Å². The zero-order chi connectivity index (χ0) is 18.1. The summed E-state index contributed by atoms with van der Waals surface area (Å²) in [6.45, 7) is 4.35. The van der Waals surface area contributed by atoms with Gasteiger partial charge in [0.15, 0.2) is 6.61 Å². The first kappa shape index (κ1) is 19.0. The summed E-state index contributed by atoms with van der Waals surface area (Å²) < 4.78 is 10.5. The fourth-order valence-electron chi connectivity index (χ4n) is 3.03. The van der Waals surface area contributed by atoms with Crippen molar-refractivity contribution in [1.82, 2.24) is 5.32 Å². The molecule has 1 fully saturated rings. The Bertz CT molecular complexity index is 611. The Morgan fingerprint density at radius 3 is 2.76 bits per heavy atom. The normalized spacial score (nSPS) is 20.2. The lowest BCUT2D eigenvalue weighted by Gasteiger charge is -2.29. The third-order valence-corrected chi connectivity index (χ3v) is 4.42. The van der Waals surface area contributed by atoms with E-state index in [1.54, 1.807) is 6.08 Å². The molecule has 136 valence electrons. The molecule has 0 saturated heterocycles. The number of amides is 1. The number of nitrogens with one attached hydrogen (secondary N) is 1. The van der Waals surface area contributed by atoms with Gasteiger partial charge in [0, 0.05) is 17.7 Å². The summed E-state index contributed by atoms with van der Waals surface area (Å²) in [5.74, 6) is 0.398. The summed E-state index contributed by atoms with van der Waals surface area (Å²) >= 11 is 0. The Kier molecular flexibility index (Phi) is 7.51. The molecule has 1 aromatic rings. The van der Waals surface area contributed by atoms with E-state index in [0.717, 1.165) is 24.8 Å². The minimum Gasteiger partial charge on any atom is -0.493 e. The lowest BCUT2D eigenvalue weighted by molar-refractivity contribution is -0.144. The Morgan fingerprint density at radius 1 is 1.24 bits per heavy atom. The van der Waals surface area contributed by atoms with Crippen molar-refractivity contribution in [3.05, 3.63) is 35.9 Å². The van der Waals surface area contributed by atoms with Crippen molar-refractivity contribution >= 4 is 18.0 Å². The first-order valence-electron chi connectivity index (χ1n) is 8.96. The number of ether oxygens (including phenoxy) is 2. The van der Waals surface area contributed by atoms with Gasteiger partial charge in [0.1, 0.15) is 5.75 Å². The third kappa shape index (κ3) is 6.25. The zero-order valence-corrected chi connectivity index (χ0v) is 15.0. The number of esters is 1. The standard InChI is InChI=1S/C20H27NO4/c1-3-24-18-11-7-5-9-16(18)12-13-20(23)25-14-19(22)21-17-10-6-4-8-15(17)2/h5,7,9,11-13,15,17H,3-4,6,8,10,14H2,1-2H3,(H,21,22)/b13-12+/t15-,17-/m1/s1. The van der Waals surface area contributed by atoms with Gasteiger partial charge >= 0.3 is 5.97 Å². The molecule has 1 aromatic carbocycles. The number of para-hydroxylation sites is 1. The molecule has 5 heteroatoms. The van der Waals surface area contributed by atoms with E-state index < -0.39 is 5.97 Å². The van der Waals surface area contributed by atoms with Crippen LogP contribution in [0.2, 0.25) is 0 Å². The van der Waals surface area contributed by atoms with Crippen molar-refractivity contribution in [3.63, 3.8) is 0 Å². The number of rotatable bonds is 7. The molecule has 25 heavy (non-hydrogen) atoms. The average molecular weight is 345 g/mol. The summed E-state index contributed by atoms with van der Waals surface area (Å²) in [5.41, 5.74) is 0.793. The van der Waals surface area contributed by atoms with Crippen molar-refractivity contribution in [2.75, 3.05) is 13.2 Å². The fourth-order valence-corrected chi connectivity index (χ4v) is 3.03. The maximum Gasteiger partial charge on any atom is 0.331 e. The van der Waals surface area contributed by atoms with Crippen LogP contribution in [-0.4, -0.2) is 31.1 Å². The van der Waals surface area contributed by atoms with Crippen LogP contribution in [0.1, 0.15) is 45.1 Å². The second-order valence-corrected chi connectivity index (χ2v) is 6.35. The van der Waals surface area contributed by atoms with Crippen LogP contribution in [0.25, 0.3) is 6.08 Å². The highest BCUT2D eigenvalue weighted by Gasteiger charge is 2.22. The van der Waals surface area contributed by atoms with Gasteiger partial charge in [0.2, 0.25) is 0 Å². The van der Waals surface area contributed by atoms with E-state index in [0.29, 0.717) is 18.3 Å². The van der Waals surface area contributed by atoms with Crippen LogP contribution in [0.3, 0.4) is 0 Å². The molecule has 0 bridgehead atoms. The summed E-state index contributed by atoms with van der Waals surface area (Å²) in [6.07, 6.45) is 7.43. The molecule has 0 unspecified atom stereocenters. The van der Waals surface area contributed by atoms with Crippen molar-refractivity contribution in [1.29, 1.82) is 0 Å². The van der Waals surface area contributed by atoms with E-state index >= 15 is 0 Å². The monoisotopic (exact) mass is 345 g/mol. The van der Waals surface area contributed by atoms with Crippen molar-refractivity contribution in [2.24, 2.45) is 5.92 Å². The Labute approximate surface area is 149 Å². The maximum atomic E-state index is 11.9. The quantitative estimate of drug-likeness (QED) is 0.608. The molecule has 2 atom stereocenters. The Hall–Kier alpha value is -2.30. The van der Waals surface area contributed by atoms with Gasteiger partial charge in [-0.25, -0.2) is 4.79 Å². The molecule has 1 saturated carbocycles. The number of hydrogen-bond acceptors (Lipinski definition) is 4. The van der Waals surface area contributed by atoms with E-state index in [4.69, 9.17) is 9.47 Å². The molecule has 0 radical (unpaired) electrons. The molecule has 2 rings (SSSR count). The molecule has 1 aliphatic carbocycles. The van der Waals surface area contributed by atoms with Crippen molar-refractivity contribution in [2.45, 2.75) is 45.6 Å². The van der Waals surface area contributed by atoms with Gasteiger partial charge in [0.05, 0.1) is 6.61 Å². The predicted octanol–water partition coefficient (Wildman–Crippen LogP) is 3.34. The van der Waals surface area contributed by atoms with Crippen molar-refractivity contribution in [3.8, 4) is 5.75 Å². The third-order valence-electron chi connectivity index (χ3n) is 4.42. The SMILES string of the molecule is CCOc1ccccc1/C=C/C(=O)OCC(=O)N[C@@H]1CCCC[C@H]1C. The molecule has 0 heterocycles. The summed E-state index contributed by atoms with van der Waals surface area (Å²) in [4.78, 5) is 23.8. The van der Waals surface area contributed by atoms with Crippen LogP contribution < -0.4 is 10.1 Å². The molecule has 0 spiro atoms. The van der Waals surface area contributed by atoms with Gasteiger partial charge in [-0.05, 0) is 37.8 Å². The van der Waals surface area contributed by atoms with Gasteiger partial charge in [-0.2, -0.15) is 0 Å². The van der Waals surface area contributed by atoms with Crippen LogP contribution in [0.15, 0.2) is 30.3 Å². The summed E-state index contributed by atoms with van der Waals surface area (Å²) in [5, 5.41) is 2.96. The number of hydrogen-bond donors (Lipinski definition) is 1. The van der Waals surface area contributed by atoms with E-state index in [9.17, 15) is 9.59 Å². The highest BCUT2D eigenvalue weighted by atomic mass is 16.5. The Morgan fingerprint density at radius 2 is 2.00 bits per heavy atom. The topological polar surface area (TPSA) is 64.6 Å². The molecule has 0 aliphatic heterocycles. The first-order valence-corrected chi connectivity index (χ1v) is 8.96. The second kappa shape index (κ2) is 9.87. The van der Waals surface area contributed by atoms with Gasteiger partial charge in [-0.15, -0.1) is 0 Å². The second-order valence-electron chi connectivity index (χ2n) is 6.35. The smallest absolute Gasteiger partial charge is 0.331 e. The van der Waals surface area contributed by atoms with Crippen LogP contribution in [0, 0.1) is 5.92 Å². The predicted molar refractivity (Wildman–Crippen MR) is 97.2 cm³/mol.